The maximum Gasteiger partial charge on any atom is 0.309 e. The highest BCUT2D eigenvalue weighted by Gasteiger charge is 2.36. The maximum atomic E-state index is 12.7. The smallest absolute Gasteiger partial charge is 0.309 e. The molecule has 3 heteroatoms. The molecule has 0 spiro atoms. The number of halogens is 1. The Hall–Kier alpha value is -1.38. The predicted molar refractivity (Wildman–Crippen MR) is 58.3 cm³/mol. The summed E-state index contributed by atoms with van der Waals surface area (Å²) in [4.78, 5) is 11.6. The first kappa shape index (κ1) is 11.1. The van der Waals surface area contributed by atoms with Crippen LogP contribution < -0.4 is 0 Å². The molecule has 0 aromatic heterocycles. The molecule has 1 atom stereocenters. The number of rotatable bonds is 4. The Morgan fingerprint density at radius 1 is 1.44 bits per heavy atom. The summed E-state index contributed by atoms with van der Waals surface area (Å²) in [5.74, 6) is 0.00424. The molecule has 1 aromatic rings. The molecule has 16 heavy (non-hydrogen) atoms. The second-order valence-corrected chi connectivity index (χ2v) is 4.30. The molecule has 1 unspecified atom stereocenters. The third-order valence-electron chi connectivity index (χ3n) is 3.06. The van der Waals surface area contributed by atoms with Crippen molar-refractivity contribution in [3.05, 3.63) is 35.6 Å². The second-order valence-electron chi connectivity index (χ2n) is 4.30. The number of hydrogen-bond donors (Lipinski definition) is 0. The molecule has 1 saturated carbocycles. The highest BCUT2D eigenvalue weighted by atomic mass is 19.1. The van der Waals surface area contributed by atoms with Crippen molar-refractivity contribution in [3.63, 3.8) is 0 Å². The van der Waals surface area contributed by atoms with Crippen LogP contribution >= 0.6 is 0 Å². The van der Waals surface area contributed by atoms with Gasteiger partial charge < -0.3 is 4.74 Å². The van der Waals surface area contributed by atoms with E-state index in [-0.39, 0.29) is 17.7 Å². The van der Waals surface area contributed by atoms with Crippen molar-refractivity contribution in [3.8, 4) is 0 Å². The van der Waals surface area contributed by atoms with Gasteiger partial charge >= 0.3 is 5.97 Å². The molecule has 86 valence electrons. The van der Waals surface area contributed by atoms with Gasteiger partial charge in [0.05, 0.1) is 13.0 Å². The lowest BCUT2D eigenvalue weighted by atomic mass is 9.95. The summed E-state index contributed by atoms with van der Waals surface area (Å²) >= 11 is 0. The van der Waals surface area contributed by atoms with E-state index in [1.54, 1.807) is 12.1 Å². The normalized spacial score (nSPS) is 16.9. The van der Waals surface area contributed by atoms with Gasteiger partial charge in [-0.05, 0) is 42.9 Å². The zero-order chi connectivity index (χ0) is 11.5. The van der Waals surface area contributed by atoms with Crippen molar-refractivity contribution in [1.29, 1.82) is 0 Å². The summed E-state index contributed by atoms with van der Waals surface area (Å²) in [7, 11) is 1.42. The molecule has 0 heterocycles. The lowest BCUT2D eigenvalue weighted by molar-refractivity contribution is -0.146. The number of carbonyl (C=O) groups excluding carboxylic acids is 1. The van der Waals surface area contributed by atoms with Crippen LogP contribution in [-0.4, -0.2) is 13.1 Å². The van der Waals surface area contributed by atoms with Gasteiger partial charge in [0.15, 0.2) is 0 Å². The van der Waals surface area contributed by atoms with Gasteiger partial charge in [-0.2, -0.15) is 0 Å². The minimum absolute atomic E-state index is 0.0598. The van der Waals surface area contributed by atoms with Crippen molar-refractivity contribution in [2.45, 2.75) is 19.3 Å². The lowest BCUT2D eigenvalue weighted by Crippen LogP contribution is -2.20. The quantitative estimate of drug-likeness (QED) is 0.732. The van der Waals surface area contributed by atoms with Crippen LogP contribution in [0.1, 0.15) is 18.4 Å². The van der Waals surface area contributed by atoms with Gasteiger partial charge in [-0.15, -0.1) is 0 Å². The van der Waals surface area contributed by atoms with Crippen LogP contribution in [0.25, 0.3) is 0 Å². The number of methoxy groups -OCH3 is 1. The van der Waals surface area contributed by atoms with Crippen molar-refractivity contribution in [2.75, 3.05) is 7.11 Å². The van der Waals surface area contributed by atoms with Crippen LogP contribution in [0.5, 0.6) is 0 Å². The number of benzene rings is 1. The van der Waals surface area contributed by atoms with Gasteiger partial charge in [0.1, 0.15) is 5.82 Å². The Balaban J connectivity index is 2.05. The molecule has 1 aliphatic rings. The minimum Gasteiger partial charge on any atom is -0.469 e. The van der Waals surface area contributed by atoms with Crippen LogP contribution in [0.2, 0.25) is 0 Å². The molecular formula is C13H15FO2. The molecule has 2 rings (SSSR count). The molecule has 0 radical (unpaired) electrons. The zero-order valence-electron chi connectivity index (χ0n) is 9.28. The summed E-state index contributed by atoms with van der Waals surface area (Å²) in [6, 6.07) is 6.31. The third kappa shape index (κ3) is 2.60. The first-order chi connectivity index (χ1) is 7.70. The van der Waals surface area contributed by atoms with Crippen LogP contribution in [0.3, 0.4) is 0 Å². The lowest BCUT2D eigenvalue weighted by Gasteiger charge is -2.13. The molecule has 0 amide bonds. The van der Waals surface area contributed by atoms with Gasteiger partial charge in [0.25, 0.3) is 0 Å². The fraction of sp³-hybridized carbons (Fsp3) is 0.462. The largest absolute Gasteiger partial charge is 0.469 e. The topological polar surface area (TPSA) is 26.3 Å². The SMILES string of the molecule is COC(=O)C(Cc1ccc(F)cc1)C1CC1. The number of ether oxygens (including phenoxy) is 1. The monoisotopic (exact) mass is 222 g/mol. The molecular weight excluding hydrogens is 207 g/mol. The molecule has 2 nitrogen and oxygen atoms in total. The third-order valence-corrected chi connectivity index (χ3v) is 3.06. The standard InChI is InChI=1S/C13H15FO2/c1-16-13(15)12(10-4-5-10)8-9-2-6-11(14)7-3-9/h2-3,6-7,10,12H,4-5,8H2,1H3. The van der Waals surface area contributed by atoms with E-state index in [2.05, 4.69) is 0 Å². The summed E-state index contributed by atoms with van der Waals surface area (Å²) in [5, 5.41) is 0. The number of esters is 1. The molecule has 1 aromatic carbocycles. The van der Waals surface area contributed by atoms with E-state index in [0.29, 0.717) is 12.3 Å². The van der Waals surface area contributed by atoms with Crippen molar-refractivity contribution in [2.24, 2.45) is 11.8 Å². The Labute approximate surface area is 94.4 Å². The molecule has 0 aliphatic heterocycles. The van der Waals surface area contributed by atoms with E-state index in [1.807, 2.05) is 0 Å². The first-order valence-electron chi connectivity index (χ1n) is 5.53. The number of hydrogen-bond acceptors (Lipinski definition) is 2. The van der Waals surface area contributed by atoms with Gasteiger partial charge in [-0.1, -0.05) is 12.1 Å². The summed E-state index contributed by atoms with van der Waals surface area (Å²) in [6.45, 7) is 0. The van der Waals surface area contributed by atoms with Gasteiger partial charge in [0, 0.05) is 0 Å². The van der Waals surface area contributed by atoms with E-state index in [0.717, 1.165) is 18.4 Å². The van der Waals surface area contributed by atoms with Gasteiger partial charge in [-0.3, -0.25) is 4.79 Å². The van der Waals surface area contributed by atoms with Crippen LogP contribution in [-0.2, 0) is 16.0 Å². The Kier molecular flexibility index (Phi) is 3.22. The summed E-state index contributed by atoms with van der Waals surface area (Å²) < 4.78 is 17.5. The summed E-state index contributed by atoms with van der Waals surface area (Å²) in [5.41, 5.74) is 0.990. The molecule has 0 bridgehead atoms. The van der Waals surface area contributed by atoms with Crippen LogP contribution in [0.4, 0.5) is 4.39 Å². The van der Waals surface area contributed by atoms with E-state index in [1.165, 1.54) is 19.2 Å². The summed E-state index contributed by atoms with van der Waals surface area (Å²) in [6.07, 6.45) is 2.85. The Morgan fingerprint density at radius 2 is 2.06 bits per heavy atom. The predicted octanol–water partition coefficient (Wildman–Crippen LogP) is 2.57. The van der Waals surface area contributed by atoms with Crippen LogP contribution in [0.15, 0.2) is 24.3 Å². The molecule has 0 saturated heterocycles. The Morgan fingerprint density at radius 3 is 2.56 bits per heavy atom. The first-order valence-corrected chi connectivity index (χ1v) is 5.53. The van der Waals surface area contributed by atoms with E-state index in [4.69, 9.17) is 4.74 Å². The second kappa shape index (κ2) is 4.64. The number of carbonyl (C=O) groups is 1. The average Bonchev–Trinajstić information content (AvgIpc) is 3.11. The van der Waals surface area contributed by atoms with Gasteiger partial charge in [0.2, 0.25) is 0 Å². The van der Waals surface area contributed by atoms with E-state index < -0.39 is 0 Å². The van der Waals surface area contributed by atoms with Crippen LogP contribution in [0, 0.1) is 17.7 Å². The van der Waals surface area contributed by atoms with Gasteiger partial charge in [-0.25, -0.2) is 4.39 Å². The highest BCUT2D eigenvalue weighted by Crippen LogP contribution is 2.39. The fourth-order valence-corrected chi connectivity index (χ4v) is 1.97. The fourth-order valence-electron chi connectivity index (χ4n) is 1.97. The molecule has 1 fully saturated rings. The molecule has 0 N–H and O–H groups in total. The van der Waals surface area contributed by atoms with Crippen molar-refractivity contribution >= 4 is 5.97 Å². The maximum absolute atomic E-state index is 12.7. The Bertz CT molecular complexity index is 368. The highest BCUT2D eigenvalue weighted by molar-refractivity contribution is 5.73. The molecule has 1 aliphatic carbocycles. The van der Waals surface area contributed by atoms with Crippen molar-refractivity contribution < 1.29 is 13.9 Å². The minimum atomic E-state index is -0.246. The zero-order valence-corrected chi connectivity index (χ0v) is 9.28. The van der Waals surface area contributed by atoms with Crippen molar-refractivity contribution in [1.82, 2.24) is 0 Å². The van der Waals surface area contributed by atoms with E-state index in [9.17, 15) is 9.18 Å². The van der Waals surface area contributed by atoms with E-state index >= 15 is 0 Å². The average molecular weight is 222 g/mol.